The summed E-state index contributed by atoms with van der Waals surface area (Å²) in [5.74, 6) is 0.852. The van der Waals surface area contributed by atoms with Crippen LogP contribution < -0.4 is 15.8 Å². The lowest BCUT2D eigenvalue weighted by molar-refractivity contribution is 0.242. The Labute approximate surface area is 136 Å². The van der Waals surface area contributed by atoms with E-state index in [0.717, 1.165) is 17.0 Å². The van der Waals surface area contributed by atoms with Crippen molar-refractivity contribution in [2.24, 2.45) is 10.7 Å². The molecule has 2 rings (SSSR count). The van der Waals surface area contributed by atoms with Gasteiger partial charge in [0, 0.05) is 5.69 Å². The number of guanidine groups is 1. The van der Waals surface area contributed by atoms with Gasteiger partial charge in [0.05, 0.1) is 12.6 Å². The number of hydrogen-bond donors (Lipinski definition) is 2. The van der Waals surface area contributed by atoms with E-state index in [1.807, 2.05) is 44.2 Å². The van der Waals surface area contributed by atoms with Crippen LogP contribution in [0.2, 0.25) is 0 Å². The minimum absolute atomic E-state index is 0.135. The Morgan fingerprint density at radius 1 is 1.22 bits per heavy atom. The monoisotopic (exact) mass is 315 g/mol. The molecule has 122 valence electrons. The molecule has 0 heterocycles. The molecule has 0 radical (unpaired) electrons. The first-order valence-corrected chi connectivity index (χ1v) is 7.52. The molecule has 0 unspecified atom stereocenters. The molecule has 0 bridgehead atoms. The lowest BCUT2D eigenvalue weighted by atomic mass is 10.1. The Morgan fingerprint density at radius 3 is 2.52 bits per heavy atom. The zero-order valence-electron chi connectivity index (χ0n) is 13.6. The molecular formula is C18H22FN3O. The maximum absolute atomic E-state index is 13.5. The first-order valence-electron chi connectivity index (χ1n) is 7.52. The minimum atomic E-state index is -0.232. The fraction of sp³-hybridized carbons (Fsp3) is 0.278. The van der Waals surface area contributed by atoms with Crippen LogP contribution in [-0.2, 0) is 6.54 Å². The van der Waals surface area contributed by atoms with E-state index < -0.39 is 0 Å². The molecule has 0 saturated carbocycles. The topological polar surface area (TPSA) is 59.6 Å². The molecule has 2 aromatic carbocycles. The molecule has 3 N–H and O–H groups in total. The number of rotatable bonds is 5. The minimum Gasteiger partial charge on any atom is -0.491 e. The van der Waals surface area contributed by atoms with Gasteiger partial charge in [0.1, 0.15) is 11.6 Å². The highest BCUT2D eigenvalue weighted by atomic mass is 19.1. The molecule has 0 spiro atoms. The molecule has 23 heavy (non-hydrogen) atoms. The van der Waals surface area contributed by atoms with E-state index in [1.54, 1.807) is 13.0 Å². The normalized spacial score (nSPS) is 11.6. The van der Waals surface area contributed by atoms with E-state index in [0.29, 0.717) is 12.1 Å². The molecule has 0 fully saturated rings. The first-order chi connectivity index (χ1) is 10.9. The van der Waals surface area contributed by atoms with Gasteiger partial charge < -0.3 is 15.8 Å². The van der Waals surface area contributed by atoms with Crippen LogP contribution in [0.1, 0.15) is 25.0 Å². The van der Waals surface area contributed by atoms with Crippen LogP contribution in [0.4, 0.5) is 10.1 Å². The van der Waals surface area contributed by atoms with Gasteiger partial charge in [-0.2, -0.15) is 0 Å². The summed E-state index contributed by atoms with van der Waals surface area (Å²) < 4.78 is 19.0. The fourth-order valence-corrected chi connectivity index (χ4v) is 1.99. The fourth-order valence-electron chi connectivity index (χ4n) is 1.99. The zero-order valence-corrected chi connectivity index (χ0v) is 13.6. The van der Waals surface area contributed by atoms with Crippen LogP contribution in [0.15, 0.2) is 47.5 Å². The van der Waals surface area contributed by atoms with Gasteiger partial charge in [0.15, 0.2) is 5.96 Å². The van der Waals surface area contributed by atoms with Gasteiger partial charge in [0.2, 0.25) is 0 Å². The lowest BCUT2D eigenvalue weighted by Crippen LogP contribution is -2.22. The summed E-state index contributed by atoms with van der Waals surface area (Å²) in [7, 11) is 0. The third-order valence-corrected chi connectivity index (χ3v) is 3.17. The number of benzene rings is 2. The van der Waals surface area contributed by atoms with Crippen molar-refractivity contribution in [3.05, 3.63) is 59.4 Å². The van der Waals surface area contributed by atoms with Crippen molar-refractivity contribution in [2.45, 2.75) is 33.4 Å². The molecule has 0 amide bonds. The van der Waals surface area contributed by atoms with Gasteiger partial charge in [-0.15, -0.1) is 0 Å². The quantitative estimate of drug-likeness (QED) is 0.651. The van der Waals surface area contributed by atoms with E-state index in [-0.39, 0.29) is 17.9 Å². The van der Waals surface area contributed by atoms with Crippen LogP contribution in [0.25, 0.3) is 0 Å². The molecule has 0 aliphatic rings. The van der Waals surface area contributed by atoms with E-state index in [1.165, 1.54) is 6.07 Å². The third-order valence-electron chi connectivity index (χ3n) is 3.17. The summed E-state index contributed by atoms with van der Waals surface area (Å²) in [5, 5.41) is 3.00. The standard InChI is InChI=1S/C18H22FN3O/c1-12(2)23-16-8-6-15(7-9-16)22-18(20)21-11-14-5-4-13(3)17(19)10-14/h4-10,12H,11H2,1-3H3,(H3,20,21,22). The summed E-state index contributed by atoms with van der Waals surface area (Å²) >= 11 is 0. The number of halogens is 1. The van der Waals surface area contributed by atoms with E-state index in [4.69, 9.17) is 10.5 Å². The van der Waals surface area contributed by atoms with Crippen molar-refractivity contribution in [1.29, 1.82) is 0 Å². The van der Waals surface area contributed by atoms with Crippen LogP contribution in [0.3, 0.4) is 0 Å². The molecule has 0 aliphatic heterocycles. The van der Waals surface area contributed by atoms with E-state index in [9.17, 15) is 4.39 Å². The van der Waals surface area contributed by atoms with Crippen molar-refractivity contribution in [3.8, 4) is 5.75 Å². The van der Waals surface area contributed by atoms with Crippen LogP contribution in [-0.4, -0.2) is 12.1 Å². The second-order valence-corrected chi connectivity index (χ2v) is 5.60. The summed E-state index contributed by atoms with van der Waals surface area (Å²) in [6, 6.07) is 12.5. The van der Waals surface area contributed by atoms with Gasteiger partial charge >= 0.3 is 0 Å². The number of nitrogens with two attached hydrogens (primary N) is 1. The largest absolute Gasteiger partial charge is 0.491 e. The SMILES string of the molecule is Cc1ccc(CN=C(N)Nc2ccc(OC(C)C)cc2)cc1F. The maximum Gasteiger partial charge on any atom is 0.193 e. The van der Waals surface area contributed by atoms with Crippen molar-refractivity contribution in [1.82, 2.24) is 0 Å². The van der Waals surface area contributed by atoms with E-state index in [2.05, 4.69) is 10.3 Å². The smallest absolute Gasteiger partial charge is 0.193 e. The number of nitrogens with one attached hydrogen (secondary N) is 1. The second kappa shape index (κ2) is 7.63. The van der Waals surface area contributed by atoms with Crippen molar-refractivity contribution in [3.63, 3.8) is 0 Å². The predicted molar refractivity (Wildman–Crippen MR) is 92.3 cm³/mol. The molecule has 0 saturated heterocycles. The maximum atomic E-state index is 13.5. The Hall–Kier alpha value is -2.56. The molecule has 0 aliphatic carbocycles. The second-order valence-electron chi connectivity index (χ2n) is 5.60. The summed E-state index contributed by atoms with van der Waals surface area (Å²) in [4.78, 5) is 4.22. The average molecular weight is 315 g/mol. The Balaban J connectivity index is 1.95. The number of hydrogen-bond acceptors (Lipinski definition) is 2. The van der Waals surface area contributed by atoms with Crippen molar-refractivity contribution in [2.75, 3.05) is 5.32 Å². The molecule has 5 heteroatoms. The number of anilines is 1. The Kier molecular flexibility index (Phi) is 5.57. The van der Waals surface area contributed by atoms with Gasteiger partial charge in [-0.05, 0) is 62.2 Å². The van der Waals surface area contributed by atoms with Gasteiger partial charge in [-0.3, -0.25) is 0 Å². The van der Waals surface area contributed by atoms with E-state index >= 15 is 0 Å². The number of ether oxygens (including phenoxy) is 1. The van der Waals surface area contributed by atoms with Crippen LogP contribution >= 0.6 is 0 Å². The number of nitrogens with zero attached hydrogens (tertiary/aromatic N) is 1. The highest BCUT2D eigenvalue weighted by molar-refractivity contribution is 5.92. The number of aryl methyl sites for hydroxylation is 1. The highest BCUT2D eigenvalue weighted by Gasteiger charge is 2.01. The summed E-state index contributed by atoms with van der Waals surface area (Å²) in [6.07, 6.45) is 0.135. The van der Waals surface area contributed by atoms with Crippen molar-refractivity contribution < 1.29 is 9.13 Å². The van der Waals surface area contributed by atoms with Crippen LogP contribution in [0, 0.1) is 12.7 Å². The molecular weight excluding hydrogens is 293 g/mol. The highest BCUT2D eigenvalue weighted by Crippen LogP contribution is 2.17. The predicted octanol–water partition coefficient (Wildman–Crippen LogP) is 3.85. The summed E-state index contributed by atoms with van der Waals surface area (Å²) in [5.41, 5.74) is 8.07. The van der Waals surface area contributed by atoms with Crippen molar-refractivity contribution >= 4 is 11.6 Å². The van der Waals surface area contributed by atoms with Gasteiger partial charge in [-0.25, -0.2) is 9.38 Å². The molecule has 2 aromatic rings. The molecule has 0 atom stereocenters. The van der Waals surface area contributed by atoms with Gasteiger partial charge in [-0.1, -0.05) is 12.1 Å². The third kappa shape index (κ3) is 5.29. The number of aliphatic imine (C=N–C) groups is 1. The summed E-state index contributed by atoms with van der Waals surface area (Å²) in [6.45, 7) is 6.00. The van der Waals surface area contributed by atoms with Gasteiger partial charge in [0.25, 0.3) is 0 Å². The molecule has 4 nitrogen and oxygen atoms in total. The Bertz CT molecular complexity index is 681. The Morgan fingerprint density at radius 2 is 1.91 bits per heavy atom. The van der Waals surface area contributed by atoms with Crippen LogP contribution in [0.5, 0.6) is 5.75 Å². The average Bonchev–Trinajstić information content (AvgIpc) is 2.50. The molecule has 0 aromatic heterocycles. The first kappa shape index (κ1) is 16.8. The zero-order chi connectivity index (χ0) is 16.8. The lowest BCUT2D eigenvalue weighted by Gasteiger charge is -2.11.